The van der Waals surface area contributed by atoms with Gasteiger partial charge in [-0.2, -0.15) is 5.26 Å². The summed E-state index contributed by atoms with van der Waals surface area (Å²) in [6, 6.07) is 7.10. The van der Waals surface area contributed by atoms with E-state index < -0.39 is 6.67 Å². The van der Waals surface area contributed by atoms with Gasteiger partial charge in [0, 0.05) is 6.54 Å². The lowest BCUT2D eigenvalue weighted by atomic mass is 10.2. The van der Waals surface area contributed by atoms with E-state index in [-0.39, 0.29) is 0 Å². The number of nitriles is 1. The van der Waals surface area contributed by atoms with Crippen molar-refractivity contribution in [1.82, 2.24) is 0 Å². The number of benzene rings is 1. The fraction of sp³-hybridized carbons (Fsp3) is 0.364. The van der Waals surface area contributed by atoms with Crippen LogP contribution in [0.2, 0.25) is 0 Å². The number of methoxy groups -OCH3 is 1. The zero-order chi connectivity index (χ0) is 11.1. The van der Waals surface area contributed by atoms with Crippen molar-refractivity contribution in [2.24, 2.45) is 0 Å². The molecule has 0 N–H and O–H groups in total. The van der Waals surface area contributed by atoms with Crippen molar-refractivity contribution >= 4 is 5.69 Å². The second-order valence-corrected chi connectivity index (χ2v) is 2.99. The Bertz CT molecular complexity index is 331. The molecule has 0 aliphatic carbocycles. The third-order valence-electron chi connectivity index (χ3n) is 2.02. The molecule has 0 aliphatic rings. The van der Waals surface area contributed by atoms with Crippen molar-refractivity contribution in [3.05, 3.63) is 24.3 Å². The Hall–Kier alpha value is -1.76. The van der Waals surface area contributed by atoms with Gasteiger partial charge in [-0.1, -0.05) is 0 Å². The lowest BCUT2D eigenvalue weighted by Gasteiger charge is -2.14. The van der Waals surface area contributed by atoms with Gasteiger partial charge < -0.3 is 4.74 Å². The first kappa shape index (κ1) is 11.3. The third kappa shape index (κ3) is 3.13. The number of anilines is 1. The Morgan fingerprint density at radius 1 is 1.40 bits per heavy atom. The minimum Gasteiger partial charge on any atom is -0.497 e. The van der Waals surface area contributed by atoms with E-state index in [2.05, 4.69) is 0 Å². The van der Waals surface area contributed by atoms with E-state index in [0.29, 0.717) is 13.0 Å². The molecule has 0 radical (unpaired) electrons. The molecule has 0 saturated heterocycles. The van der Waals surface area contributed by atoms with E-state index in [9.17, 15) is 4.39 Å². The van der Waals surface area contributed by atoms with Crippen molar-refractivity contribution in [3.63, 3.8) is 0 Å². The number of rotatable bonds is 5. The van der Waals surface area contributed by atoms with E-state index in [0.717, 1.165) is 11.4 Å². The standard InChI is InChI=1S/C11H13FN2O/c1-15-11-5-3-10(4-6-11)14(9-13)8-2-7-12/h3-6H,2,7-8H2,1H3. The van der Waals surface area contributed by atoms with E-state index in [4.69, 9.17) is 10.00 Å². The monoisotopic (exact) mass is 208 g/mol. The summed E-state index contributed by atoms with van der Waals surface area (Å²) < 4.78 is 17.0. The van der Waals surface area contributed by atoms with Gasteiger partial charge in [0.25, 0.3) is 0 Å². The Labute approximate surface area is 88.7 Å². The minimum absolute atomic E-state index is 0.361. The number of hydrogen-bond donors (Lipinski definition) is 0. The van der Waals surface area contributed by atoms with E-state index >= 15 is 0 Å². The van der Waals surface area contributed by atoms with Crippen LogP contribution >= 0.6 is 0 Å². The average Bonchev–Trinajstić information content (AvgIpc) is 2.31. The summed E-state index contributed by atoms with van der Waals surface area (Å²) in [5.41, 5.74) is 0.756. The first-order valence-electron chi connectivity index (χ1n) is 4.69. The minimum atomic E-state index is -0.408. The molecule has 1 aromatic rings. The molecule has 0 aliphatic heterocycles. The molecule has 80 valence electrons. The van der Waals surface area contributed by atoms with Crippen LogP contribution in [-0.4, -0.2) is 20.3 Å². The molecular weight excluding hydrogens is 195 g/mol. The highest BCUT2D eigenvalue weighted by atomic mass is 19.1. The smallest absolute Gasteiger partial charge is 0.184 e. The molecule has 1 aromatic carbocycles. The van der Waals surface area contributed by atoms with Gasteiger partial charge in [-0.15, -0.1) is 0 Å². The van der Waals surface area contributed by atoms with Gasteiger partial charge in [0.15, 0.2) is 6.19 Å². The van der Waals surface area contributed by atoms with E-state index in [1.54, 1.807) is 31.4 Å². The largest absolute Gasteiger partial charge is 0.497 e. The molecule has 0 unspecified atom stereocenters. The van der Waals surface area contributed by atoms with Gasteiger partial charge >= 0.3 is 0 Å². The second kappa shape index (κ2) is 5.86. The Balaban J connectivity index is 2.70. The topological polar surface area (TPSA) is 36.3 Å². The third-order valence-corrected chi connectivity index (χ3v) is 2.02. The molecule has 15 heavy (non-hydrogen) atoms. The van der Waals surface area contributed by atoms with Gasteiger partial charge in [-0.25, -0.2) is 0 Å². The van der Waals surface area contributed by atoms with Crippen LogP contribution in [0, 0.1) is 11.5 Å². The Morgan fingerprint density at radius 2 is 2.07 bits per heavy atom. The molecule has 0 spiro atoms. The Kier molecular flexibility index (Phi) is 4.42. The molecular formula is C11H13FN2O. The number of alkyl halides is 1. The molecule has 3 nitrogen and oxygen atoms in total. The predicted octanol–water partition coefficient (Wildman–Crippen LogP) is 2.34. The highest BCUT2D eigenvalue weighted by molar-refractivity contribution is 5.52. The first-order valence-corrected chi connectivity index (χ1v) is 4.69. The predicted molar refractivity (Wildman–Crippen MR) is 56.5 cm³/mol. The maximum atomic E-state index is 12.0. The molecule has 0 heterocycles. The summed E-state index contributed by atoms with van der Waals surface area (Å²) in [6.45, 7) is -0.00629. The van der Waals surface area contributed by atoms with Crippen molar-refractivity contribution in [2.75, 3.05) is 25.2 Å². The number of ether oxygens (including phenoxy) is 1. The normalized spacial score (nSPS) is 9.40. The number of nitrogens with zero attached hydrogens (tertiary/aromatic N) is 2. The molecule has 0 aromatic heterocycles. The van der Waals surface area contributed by atoms with Crippen LogP contribution in [0.4, 0.5) is 10.1 Å². The number of halogens is 1. The Morgan fingerprint density at radius 3 is 2.53 bits per heavy atom. The van der Waals surface area contributed by atoms with Crippen LogP contribution < -0.4 is 9.64 Å². The summed E-state index contributed by atoms with van der Waals surface area (Å²) in [7, 11) is 1.58. The molecule has 0 amide bonds. The first-order chi connectivity index (χ1) is 7.31. The quantitative estimate of drug-likeness (QED) is 0.550. The van der Waals surface area contributed by atoms with Gasteiger partial charge in [-0.3, -0.25) is 9.29 Å². The molecule has 0 saturated carbocycles. The average molecular weight is 208 g/mol. The fourth-order valence-electron chi connectivity index (χ4n) is 1.22. The van der Waals surface area contributed by atoms with Gasteiger partial charge in [-0.05, 0) is 30.7 Å². The fourth-order valence-corrected chi connectivity index (χ4v) is 1.22. The second-order valence-electron chi connectivity index (χ2n) is 2.99. The molecule has 0 bridgehead atoms. The van der Waals surface area contributed by atoms with Gasteiger partial charge in [0.05, 0.1) is 19.5 Å². The van der Waals surface area contributed by atoms with Crippen molar-refractivity contribution in [3.8, 4) is 11.9 Å². The summed E-state index contributed by atoms with van der Waals surface area (Å²) in [4.78, 5) is 1.46. The van der Waals surface area contributed by atoms with E-state index in [1.807, 2.05) is 6.19 Å². The van der Waals surface area contributed by atoms with Gasteiger partial charge in [0.1, 0.15) is 5.75 Å². The van der Waals surface area contributed by atoms with Crippen LogP contribution in [-0.2, 0) is 0 Å². The zero-order valence-corrected chi connectivity index (χ0v) is 8.61. The molecule has 1 rings (SSSR count). The maximum absolute atomic E-state index is 12.0. The molecule has 4 heteroatoms. The summed E-state index contributed by atoms with van der Waals surface area (Å²) >= 11 is 0. The van der Waals surface area contributed by atoms with Crippen LogP contribution in [0.25, 0.3) is 0 Å². The molecule has 0 atom stereocenters. The van der Waals surface area contributed by atoms with Crippen LogP contribution in [0.3, 0.4) is 0 Å². The highest BCUT2D eigenvalue weighted by Crippen LogP contribution is 2.18. The lowest BCUT2D eigenvalue weighted by Crippen LogP contribution is -2.18. The summed E-state index contributed by atoms with van der Waals surface area (Å²) in [6.07, 6.45) is 2.38. The van der Waals surface area contributed by atoms with Crippen LogP contribution in [0.1, 0.15) is 6.42 Å². The van der Waals surface area contributed by atoms with Crippen molar-refractivity contribution in [2.45, 2.75) is 6.42 Å². The SMILES string of the molecule is COc1ccc(N(C#N)CCCF)cc1. The molecule has 0 fully saturated rings. The summed E-state index contributed by atoms with van der Waals surface area (Å²) in [5.74, 6) is 0.738. The lowest BCUT2D eigenvalue weighted by molar-refractivity contribution is 0.415. The van der Waals surface area contributed by atoms with Gasteiger partial charge in [0.2, 0.25) is 0 Å². The maximum Gasteiger partial charge on any atom is 0.184 e. The van der Waals surface area contributed by atoms with Crippen molar-refractivity contribution < 1.29 is 9.13 Å². The van der Waals surface area contributed by atoms with Crippen LogP contribution in [0.15, 0.2) is 24.3 Å². The van der Waals surface area contributed by atoms with E-state index in [1.165, 1.54) is 4.90 Å². The zero-order valence-electron chi connectivity index (χ0n) is 8.61. The summed E-state index contributed by atoms with van der Waals surface area (Å²) in [5, 5.41) is 8.85. The highest BCUT2D eigenvalue weighted by Gasteiger charge is 2.04. The number of hydrogen-bond acceptors (Lipinski definition) is 3. The van der Waals surface area contributed by atoms with Crippen LogP contribution in [0.5, 0.6) is 5.75 Å². The van der Waals surface area contributed by atoms with Crippen molar-refractivity contribution in [1.29, 1.82) is 5.26 Å².